The lowest BCUT2D eigenvalue weighted by Gasteiger charge is -2.12. The monoisotopic (exact) mass is 234 g/mol. The number of hydrogen-bond donors (Lipinski definition) is 3. The Bertz CT molecular complexity index is 257. The van der Waals surface area contributed by atoms with Crippen molar-refractivity contribution in [3.05, 3.63) is 0 Å². The Morgan fingerprint density at radius 2 is 2.07 bits per heavy atom. The number of aliphatic carboxylic acids is 1. The molecule has 0 spiro atoms. The molecule has 2 amide bonds. The molecule has 0 heterocycles. The topological polar surface area (TPSA) is 109 Å². The fraction of sp³-hybridized carbons (Fsp3) is 0.625. The molecule has 0 aliphatic carbocycles. The van der Waals surface area contributed by atoms with E-state index in [9.17, 15) is 14.4 Å². The molecule has 0 saturated carbocycles. The van der Waals surface area contributed by atoms with Gasteiger partial charge in [0, 0.05) is 12.2 Å². The van der Waals surface area contributed by atoms with Gasteiger partial charge in [-0.25, -0.2) is 4.79 Å². The molecule has 0 fully saturated rings. The molecular formula is C8H14N2O4S. The van der Waals surface area contributed by atoms with Crippen LogP contribution in [0, 0.1) is 0 Å². The third kappa shape index (κ3) is 6.78. The summed E-state index contributed by atoms with van der Waals surface area (Å²) in [6, 6.07) is -1.23. The van der Waals surface area contributed by atoms with Crippen molar-refractivity contribution in [2.24, 2.45) is 5.73 Å². The van der Waals surface area contributed by atoms with Crippen molar-refractivity contribution in [1.29, 1.82) is 0 Å². The molecule has 15 heavy (non-hydrogen) atoms. The maximum absolute atomic E-state index is 11.2. The first-order valence-electron chi connectivity index (χ1n) is 4.26. The molecule has 0 aromatic carbocycles. The van der Waals surface area contributed by atoms with E-state index in [2.05, 4.69) is 5.32 Å². The van der Waals surface area contributed by atoms with E-state index in [0.29, 0.717) is 5.75 Å². The maximum Gasteiger partial charge on any atom is 0.326 e. The highest BCUT2D eigenvalue weighted by Crippen LogP contribution is 1.97. The van der Waals surface area contributed by atoms with E-state index in [0.717, 1.165) is 0 Å². The second-order valence-corrected chi connectivity index (χ2v) is 3.86. The highest BCUT2D eigenvalue weighted by molar-refractivity contribution is 7.98. The van der Waals surface area contributed by atoms with Crippen molar-refractivity contribution >= 4 is 29.5 Å². The van der Waals surface area contributed by atoms with Gasteiger partial charge in [0.2, 0.25) is 11.8 Å². The lowest BCUT2D eigenvalue weighted by atomic mass is 10.2. The van der Waals surface area contributed by atoms with Crippen LogP contribution in [0.1, 0.15) is 12.8 Å². The molecule has 1 atom stereocenters. The Morgan fingerprint density at radius 1 is 1.47 bits per heavy atom. The van der Waals surface area contributed by atoms with Crippen LogP contribution in [0.25, 0.3) is 0 Å². The van der Waals surface area contributed by atoms with Gasteiger partial charge < -0.3 is 16.2 Å². The molecule has 0 aromatic rings. The van der Waals surface area contributed by atoms with E-state index in [1.807, 2.05) is 6.26 Å². The van der Waals surface area contributed by atoms with Gasteiger partial charge in [-0.05, 0) is 6.26 Å². The zero-order valence-corrected chi connectivity index (χ0v) is 9.17. The van der Waals surface area contributed by atoms with Crippen molar-refractivity contribution in [2.45, 2.75) is 18.9 Å². The highest BCUT2D eigenvalue weighted by Gasteiger charge is 2.21. The van der Waals surface area contributed by atoms with Gasteiger partial charge in [-0.1, -0.05) is 0 Å². The van der Waals surface area contributed by atoms with Crippen LogP contribution in [-0.4, -0.2) is 40.9 Å². The van der Waals surface area contributed by atoms with Crippen molar-refractivity contribution in [1.82, 2.24) is 5.32 Å². The Labute approximate surface area is 91.6 Å². The summed E-state index contributed by atoms with van der Waals surface area (Å²) in [5.74, 6) is -1.80. The summed E-state index contributed by atoms with van der Waals surface area (Å²) < 4.78 is 0. The van der Waals surface area contributed by atoms with Crippen LogP contribution in [0.3, 0.4) is 0 Å². The fourth-order valence-electron chi connectivity index (χ4n) is 0.863. The Morgan fingerprint density at radius 3 is 2.47 bits per heavy atom. The van der Waals surface area contributed by atoms with Crippen molar-refractivity contribution in [3.63, 3.8) is 0 Å². The van der Waals surface area contributed by atoms with Gasteiger partial charge in [-0.3, -0.25) is 9.59 Å². The minimum absolute atomic E-state index is 0.226. The van der Waals surface area contributed by atoms with E-state index >= 15 is 0 Å². The summed E-state index contributed by atoms with van der Waals surface area (Å²) in [5, 5.41) is 10.9. The molecule has 0 saturated heterocycles. The number of thioether (sulfide) groups is 1. The molecule has 0 aliphatic rings. The molecule has 0 radical (unpaired) electrons. The fourth-order valence-corrected chi connectivity index (χ4v) is 1.25. The Hall–Kier alpha value is -1.24. The van der Waals surface area contributed by atoms with Gasteiger partial charge in [0.15, 0.2) is 0 Å². The van der Waals surface area contributed by atoms with E-state index in [4.69, 9.17) is 10.8 Å². The van der Waals surface area contributed by atoms with Crippen LogP contribution >= 0.6 is 11.8 Å². The maximum atomic E-state index is 11.2. The summed E-state index contributed by atoms with van der Waals surface area (Å²) in [5.41, 5.74) is 4.85. The molecule has 0 aliphatic heterocycles. The van der Waals surface area contributed by atoms with Gasteiger partial charge >= 0.3 is 5.97 Å². The van der Waals surface area contributed by atoms with Gasteiger partial charge in [0.25, 0.3) is 0 Å². The number of nitrogens with two attached hydrogens (primary N) is 1. The first kappa shape index (κ1) is 13.8. The number of carbonyl (C=O) groups excluding carboxylic acids is 2. The summed E-state index contributed by atoms with van der Waals surface area (Å²) >= 11 is 1.48. The number of rotatable bonds is 7. The average molecular weight is 234 g/mol. The predicted molar refractivity (Wildman–Crippen MR) is 56.4 cm³/mol. The molecule has 0 bridgehead atoms. The van der Waals surface area contributed by atoms with Crippen LogP contribution in [0.4, 0.5) is 0 Å². The molecule has 86 valence electrons. The number of primary amides is 1. The van der Waals surface area contributed by atoms with Gasteiger partial charge in [-0.15, -0.1) is 0 Å². The van der Waals surface area contributed by atoms with Crippen LogP contribution in [-0.2, 0) is 14.4 Å². The van der Waals surface area contributed by atoms with Gasteiger partial charge in [0.1, 0.15) is 6.04 Å². The number of carbonyl (C=O) groups is 3. The number of carboxylic acids is 1. The standard InChI is InChI=1S/C8H14N2O4S/c1-15-3-2-7(12)10-5(8(13)14)4-6(9)11/h5H,2-4H2,1H3,(H2,9,11)(H,10,12)(H,13,14)/t5-/m1/s1. The number of carboxylic acid groups (broad SMARTS) is 1. The Kier molecular flexibility index (Phi) is 6.52. The van der Waals surface area contributed by atoms with E-state index < -0.39 is 23.8 Å². The zero-order chi connectivity index (χ0) is 11.8. The third-order valence-electron chi connectivity index (χ3n) is 1.57. The quantitative estimate of drug-likeness (QED) is 0.533. The summed E-state index contributed by atoms with van der Waals surface area (Å²) in [6.07, 6.45) is 1.68. The SMILES string of the molecule is CSCCC(=O)N[C@H](CC(N)=O)C(=O)O. The second-order valence-electron chi connectivity index (χ2n) is 2.87. The minimum atomic E-state index is -1.26. The molecule has 7 heteroatoms. The molecule has 0 unspecified atom stereocenters. The average Bonchev–Trinajstić information content (AvgIpc) is 2.12. The first-order chi connectivity index (χ1) is 6.97. The largest absolute Gasteiger partial charge is 0.480 e. The molecule has 0 rings (SSSR count). The lowest BCUT2D eigenvalue weighted by Crippen LogP contribution is -2.43. The minimum Gasteiger partial charge on any atom is -0.480 e. The Balaban J connectivity index is 4.10. The molecular weight excluding hydrogens is 220 g/mol. The smallest absolute Gasteiger partial charge is 0.326 e. The van der Waals surface area contributed by atoms with Crippen molar-refractivity contribution in [3.8, 4) is 0 Å². The second kappa shape index (κ2) is 7.10. The van der Waals surface area contributed by atoms with E-state index in [1.54, 1.807) is 0 Å². The highest BCUT2D eigenvalue weighted by atomic mass is 32.2. The van der Waals surface area contributed by atoms with Gasteiger partial charge in [0.05, 0.1) is 6.42 Å². The normalized spacial score (nSPS) is 11.8. The summed E-state index contributed by atoms with van der Waals surface area (Å²) in [7, 11) is 0. The predicted octanol–water partition coefficient (Wildman–Crippen LogP) is -0.816. The molecule has 4 N–H and O–H groups in total. The third-order valence-corrected chi connectivity index (χ3v) is 2.18. The van der Waals surface area contributed by atoms with E-state index in [-0.39, 0.29) is 12.8 Å². The van der Waals surface area contributed by atoms with Crippen LogP contribution in [0.2, 0.25) is 0 Å². The molecule has 0 aromatic heterocycles. The van der Waals surface area contributed by atoms with Crippen LogP contribution in [0.5, 0.6) is 0 Å². The van der Waals surface area contributed by atoms with Crippen molar-refractivity contribution in [2.75, 3.05) is 12.0 Å². The zero-order valence-electron chi connectivity index (χ0n) is 8.36. The summed E-state index contributed by atoms with van der Waals surface area (Å²) in [4.78, 5) is 32.3. The van der Waals surface area contributed by atoms with E-state index in [1.165, 1.54) is 11.8 Å². The van der Waals surface area contributed by atoms with Crippen LogP contribution in [0.15, 0.2) is 0 Å². The first-order valence-corrected chi connectivity index (χ1v) is 5.66. The molecule has 6 nitrogen and oxygen atoms in total. The van der Waals surface area contributed by atoms with Crippen molar-refractivity contribution < 1.29 is 19.5 Å². The van der Waals surface area contributed by atoms with Crippen LogP contribution < -0.4 is 11.1 Å². The number of amides is 2. The number of hydrogen-bond acceptors (Lipinski definition) is 4. The number of nitrogens with one attached hydrogen (secondary N) is 1. The summed E-state index contributed by atoms with van der Waals surface area (Å²) in [6.45, 7) is 0. The lowest BCUT2D eigenvalue weighted by molar-refractivity contribution is -0.143. The van der Waals surface area contributed by atoms with Gasteiger partial charge in [-0.2, -0.15) is 11.8 Å².